The first-order valence-corrected chi connectivity index (χ1v) is 7.52. The van der Waals surface area contributed by atoms with Crippen molar-refractivity contribution in [1.29, 1.82) is 0 Å². The van der Waals surface area contributed by atoms with Gasteiger partial charge in [-0.2, -0.15) is 0 Å². The molecule has 2 rings (SSSR count). The summed E-state index contributed by atoms with van der Waals surface area (Å²) in [4.78, 5) is 15.9. The van der Waals surface area contributed by atoms with Crippen molar-refractivity contribution >= 4 is 22.4 Å². The molecule has 106 valence electrons. The van der Waals surface area contributed by atoms with Crippen LogP contribution in [0, 0.1) is 5.92 Å². The lowest BCUT2D eigenvalue weighted by Gasteiger charge is -2.22. The Morgan fingerprint density at radius 3 is 2.65 bits per heavy atom. The molecule has 1 aromatic carbocycles. The number of hydrogen-bond donors (Lipinski definition) is 2. The number of carbonyl (C=O) groups excluding carboxylic acids is 1. The van der Waals surface area contributed by atoms with Gasteiger partial charge in [-0.05, 0) is 11.5 Å². The minimum absolute atomic E-state index is 0.0680. The first-order valence-electron chi connectivity index (χ1n) is 6.64. The number of aromatic nitrogens is 1. The summed E-state index contributed by atoms with van der Waals surface area (Å²) >= 11 is 1.42. The van der Waals surface area contributed by atoms with Crippen molar-refractivity contribution in [3.8, 4) is 0 Å². The molecule has 0 unspecified atom stereocenters. The first-order chi connectivity index (χ1) is 9.66. The Bertz CT molecular complexity index is 525. The van der Waals surface area contributed by atoms with Crippen LogP contribution in [0.2, 0.25) is 0 Å². The number of hydrogen-bond acceptors (Lipinski definition) is 4. The van der Waals surface area contributed by atoms with E-state index < -0.39 is 0 Å². The number of nitrogens with one attached hydrogen (secondary N) is 2. The van der Waals surface area contributed by atoms with Crippen LogP contribution in [-0.4, -0.2) is 17.4 Å². The lowest BCUT2D eigenvalue weighted by molar-refractivity contribution is -0.115. The molecule has 0 saturated heterocycles. The summed E-state index contributed by atoms with van der Waals surface area (Å²) in [6.45, 7) is 4.56. The Kier molecular flexibility index (Phi) is 5.26. The molecule has 20 heavy (non-hydrogen) atoms. The molecule has 0 radical (unpaired) electrons. The van der Waals surface area contributed by atoms with E-state index in [1.807, 2.05) is 23.6 Å². The predicted molar refractivity (Wildman–Crippen MR) is 82.8 cm³/mol. The van der Waals surface area contributed by atoms with Gasteiger partial charge in [0.15, 0.2) is 5.13 Å². The van der Waals surface area contributed by atoms with Crippen LogP contribution in [0.25, 0.3) is 0 Å². The molecule has 0 fully saturated rings. The summed E-state index contributed by atoms with van der Waals surface area (Å²) in [6, 6.07) is 10.4. The van der Waals surface area contributed by atoms with Gasteiger partial charge in [0.25, 0.3) is 0 Å². The van der Waals surface area contributed by atoms with Gasteiger partial charge in [-0.15, -0.1) is 11.3 Å². The van der Waals surface area contributed by atoms with Gasteiger partial charge < -0.3 is 10.6 Å². The van der Waals surface area contributed by atoms with E-state index in [4.69, 9.17) is 0 Å². The minimum atomic E-state index is -0.0680. The van der Waals surface area contributed by atoms with Crippen molar-refractivity contribution in [2.45, 2.75) is 19.9 Å². The van der Waals surface area contributed by atoms with E-state index in [-0.39, 0.29) is 18.5 Å². The highest BCUT2D eigenvalue weighted by atomic mass is 32.1. The van der Waals surface area contributed by atoms with Gasteiger partial charge in [0.2, 0.25) is 5.91 Å². The largest absolute Gasteiger partial charge is 0.301 e. The number of anilines is 1. The molecule has 2 aromatic rings. The van der Waals surface area contributed by atoms with E-state index >= 15 is 0 Å². The van der Waals surface area contributed by atoms with Gasteiger partial charge >= 0.3 is 0 Å². The van der Waals surface area contributed by atoms with Crippen LogP contribution in [0.1, 0.15) is 25.5 Å². The van der Waals surface area contributed by atoms with Crippen LogP contribution in [0.4, 0.5) is 5.13 Å². The third-order valence-corrected chi connectivity index (χ3v) is 3.68. The van der Waals surface area contributed by atoms with E-state index in [9.17, 15) is 4.79 Å². The average Bonchev–Trinajstić information content (AvgIpc) is 2.92. The number of rotatable bonds is 6. The monoisotopic (exact) mass is 289 g/mol. The van der Waals surface area contributed by atoms with Crippen LogP contribution in [0.5, 0.6) is 0 Å². The fraction of sp³-hybridized carbons (Fsp3) is 0.333. The van der Waals surface area contributed by atoms with Crippen molar-refractivity contribution < 1.29 is 4.79 Å². The van der Waals surface area contributed by atoms with Crippen LogP contribution in [-0.2, 0) is 4.79 Å². The third kappa shape index (κ3) is 4.15. The second-order valence-corrected chi connectivity index (χ2v) is 5.79. The van der Waals surface area contributed by atoms with Gasteiger partial charge in [-0.25, -0.2) is 4.98 Å². The van der Waals surface area contributed by atoms with Gasteiger partial charge in [0.05, 0.1) is 6.54 Å². The molecule has 2 N–H and O–H groups in total. The Labute approximate surface area is 123 Å². The lowest BCUT2D eigenvalue weighted by atomic mass is 9.96. The van der Waals surface area contributed by atoms with Crippen molar-refractivity contribution in [3.05, 3.63) is 47.5 Å². The smallest absolute Gasteiger partial charge is 0.240 e. The van der Waals surface area contributed by atoms with E-state index in [0.717, 1.165) is 0 Å². The molecule has 1 heterocycles. The number of thiazole rings is 1. The Balaban J connectivity index is 1.91. The van der Waals surface area contributed by atoms with Gasteiger partial charge in [0.1, 0.15) is 0 Å². The zero-order chi connectivity index (χ0) is 14.4. The van der Waals surface area contributed by atoms with Gasteiger partial charge in [-0.1, -0.05) is 44.2 Å². The zero-order valence-electron chi connectivity index (χ0n) is 11.7. The quantitative estimate of drug-likeness (QED) is 0.859. The second kappa shape index (κ2) is 7.17. The normalized spacial score (nSPS) is 12.3. The van der Waals surface area contributed by atoms with E-state index in [2.05, 4.69) is 41.6 Å². The molecular weight excluding hydrogens is 270 g/mol. The number of amides is 1. The molecule has 1 aromatic heterocycles. The van der Waals surface area contributed by atoms with Crippen molar-refractivity contribution in [1.82, 2.24) is 10.3 Å². The molecule has 0 aliphatic heterocycles. The highest BCUT2D eigenvalue weighted by Gasteiger charge is 2.16. The predicted octanol–water partition coefficient (Wildman–Crippen LogP) is 3.07. The van der Waals surface area contributed by atoms with Crippen LogP contribution < -0.4 is 10.6 Å². The van der Waals surface area contributed by atoms with E-state index in [0.29, 0.717) is 11.0 Å². The SMILES string of the molecule is CC(C)[C@@H](NCC(=O)Nc1nccs1)c1ccccc1. The number of carbonyl (C=O) groups is 1. The summed E-state index contributed by atoms with van der Waals surface area (Å²) < 4.78 is 0. The molecule has 0 aliphatic rings. The molecule has 4 nitrogen and oxygen atoms in total. The van der Waals surface area contributed by atoms with Crippen molar-refractivity contribution in [3.63, 3.8) is 0 Å². The summed E-state index contributed by atoms with van der Waals surface area (Å²) in [6.07, 6.45) is 1.68. The first kappa shape index (κ1) is 14.7. The summed E-state index contributed by atoms with van der Waals surface area (Å²) in [5, 5.41) is 8.56. The fourth-order valence-corrected chi connectivity index (χ4v) is 2.60. The molecule has 0 aliphatic carbocycles. The van der Waals surface area contributed by atoms with Crippen molar-refractivity contribution in [2.75, 3.05) is 11.9 Å². The average molecular weight is 289 g/mol. The topological polar surface area (TPSA) is 54.0 Å². The number of benzene rings is 1. The van der Waals surface area contributed by atoms with Crippen LogP contribution in [0.3, 0.4) is 0 Å². The molecule has 5 heteroatoms. The molecule has 1 atom stereocenters. The standard InChI is InChI=1S/C15H19N3OS/c1-11(2)14(12-6-4-3-5-7-12)17-10-13(19)18-15-16-8-9-20-15/h3-9,11,14,17H,10H2,1-2H3,(H,16,18,19)/t14-/m1/s1. The highest BCUT2D eigenvalue weighted by Crippen LogP contribution is 2.21. The van der Waals surface area contributed by atoms with Gasteiger partial charge in [-0.3, -0.25) is 4.79 Å². The fourth-order valence-electron chi connectivity index (χ4n) is 2.05. The van der Waals surface area contributed by atoms with E-state index in [1.54, 1.807) is 6.20 Å². The zero-order valence-corrected chi connectivity index (χ0v) is 12.5. The maximum absolute atomic E-state index is 11.9. The minimum Gasteiger partial charge on any atom is -0.301 e. The van der Waals surface area contributed by atoms with Gasteiger partial charge in [0, 0.05) is 17.6 Å². The third-order valence-electron chi connectivity index (χ3n) is 2.99. The maximum atomic E-state index is 11.9. The summed E-state index contributed by atoms with van der Waals surface area (Å²) in [5.41, 5.74) is 1.20. The van der Waals surface area contributed by atoms with Crippen LogP contribution in [0.15, 0.2) is 41.9 Å². The number of nitrogens with zero attached hydrogens (tertiary/aromatic N) is 1. The highest BCUT2D eigenvalue weighted by molar-refractivity contribution is 7.13. The maximum Gasteiger partial charge on any atom is 0.240 e. The Hall–Kier alpha value is -1.72. The molecule has 0 saturated carbocycles. The lowest BCUT2D eigenvalue weighted by Crippen LogP contribution is -2.33. The molecule has 1 amide bonds. The Morgan fingerprint density at radius 1 is 1.30 bits per heavy atom. The van der Waals surface area contributed by atoms with Crippen LogP contribution >= 0.6 is 11.3 Å². The molecular formula is C15H19N3OS. The molecule has 0 bridgehead atoms. The van der Waals surface area contributed by atoms with E-state index in [1.165, 1.54) is 16.9 Å². The summed E-state index contributed by atoms with van der Waals surface area (Å²) in [7, 11) is 0. The molecule has 0 spiro atoms. The second-order valence-electron chi connectivity index (χ2n) is 4.90. The van der Waals surface area contributed by atoms with Crippen molar-refractivity contribution in [2.24, 2.45) is 5.92 Å². The summed E-state index contributed by atoms with van der Waals surface area (Å²) in [5.74, 6) is 0.339. The Morgan fingerprint density at radius 2 is 2.05 bits per heavy atom.